The molecule has 0 aliphatic carbocycles. The molecule has 0 atom stereocenters. The second kappa shape index (κ2) is 12.4. The fourth-order valence-electron chi connectivity index (χ4n) is 5.22. The third-order valence-electron chi connectivity index (χ3n) is 7.06. The smallest absolute Gasteiger partial charge is 0.340 e. The van der Waals surface area contributed by atoms with Crippen molar-refractivity contribution >= 4 is 11.9 Å². The van der Waals surface area contributed by atoms with E-state index in [0.29, 0.717) is 25.0 Å². The summed E-state index contributed by atoms with van der Waals surface area (Å²) in [6, 6.07) is 0.788. The van der Waals surface area contributed by atoms with Gasteiger partial charge in [0.15, 0.2) is 0 Å². The first-order chi connectivity index (χ1) is 15.5. The van der Waals surface area contributed by atoms with E-state index in [4.69, 9.17) is 4.74 Å². The Morgan fingerprint density at radius 3 is 2.50 bits per heavy atom. The van der Waals surface area contributed by atoms with Gasteiger partial charge in [-0.2, -0.15) is 0 Å². The number of rotatable bonds is 10. The molecule has 0 aromatic carbocycles. The van der Waals surface area contributed by atoms with E-state index < -0.39 is 0 Å². The molecular weight excluding hydrogens is 404 g/mol. The van der Waals surface area contributed by atoms with E-state index in [2.05, 4.69) is 20.1 Å². The van der Waals surface area contributed by atoms with Gasteiger partial charge >= 0.3 is 5.97 Å². The number of aromatic nitrogens is 1. The number of nitrogens with one attached hydrogen (secondary N) is 2. The van der Waals surface area contributed by atoms with Gasteiger partial charge in [-0.15, -0.1) is 0 Å². The van der Waals surface area contributed by atoms with Crippen LogP contribution in [0, 0.1) is 13.8 Å². The van der Waals surface area contributed by atoms with Gasteiger partial charge in [-0.25, -0.2) is 4.79 Å². The fourth-order valence-corrected chi connectivity index (χ4v) is 5.22. The largest absolute Gasteiger partial charge is 0.462 e. The van der Waals surface area contributed by atoms with E-state index in [1.54, 1.807) is 6.92 Å². The number of hydrogen-bond donors (Lipinski definition) is 2. The summed E-state index contributed by atoms with van der Waals surface area (Å²) in [4.78, 5) is 32.9. The van der Waals surface area contributed by atoms with Crippen molar-refractivity contribution in [3.63, 3.8) is 0 Å². The Bertz CT molecular complexity index is 747. The molecule has 0 unspecified atom stereocenters. The second-order valence-corrected chi connectivity index (χ2v) is 9.32. The first kappa shape index (κ1) is 24.8. The lowest BCUT2D eigenvalue weighted by Crippen LogP contribution is -2.47. The number of hydrogen-bond acceptors (Lipinski definition) is 5. The van der Waals surface area contributed by atoms with Crippen LogP contribution in [0.1, 0.15) is 79.2 Å². The third kappa shape index (κ3) is 6.82. The lowest BCUT2D eigenvalue weighted by Gasteiger charge is -2.40. The molecule has 0 saturated carbocycles. The minimum Gasteiger partial charge on any atom is -0.462 e. The first-order valence-corrected chi connectivity index (χ1v) is 12.6. The molecule has 0 spiro atoms. The summed E-state index contributed by atoms with van der Waals surface area (Å²) in [7, 11) is 0. The lowest BCUT2D eigenvalue weighted by atomic mass is 10.00. The Hall–Kier alpha value is -1.86. The van der Waals surface area contributed by atoms with Crippen LogP contribution in [-0.4, -0.2) is 78.6 Å². The van der Waals surface area contributed by atoms with Crippen LogP contribution in [0.5, 0.6) is 0 Å². The highest BCUT2D eigenvalue weighted by Crippen LogP contribution is 2.21. The average Bonchev–Trinajstić information content (AvgIpc) is 3.09. The maximum atomic E-state index is 12.3. The first-order valence-electron chi connectivity index (χ1n) is 12.6. The second-order valence-electron chi connectivity index (χ2n) is 9.32. The molecule has 3 heterocycles. The van der Waals surface area contributed by atoms with E-state index in [1.165, 1.54) is 58.3 Å². The van der Waals surface area contributed by atoms with Gasteiger partial charge < -0.3 is 24.8 Å². The summed E-state index contributed by atoms with van der Waals surface area (Å²) >= 11 is 0. The topological polar surface area (TPSA) is 77.7 Å². The molecule has 1 aromatic heterocycles. The summed E-state index contributed by atoms with van der Waals surface area (Å²) < 4.78 is 5.14. The molecule has 7 nitrogen and oxygen atoms in total. The van der Waals surface area contributed by atoms with Gasteiger partial charge in [0.1, 0.15) is 0 Å². The molecule has 2 N–H and O–H groups in total. The van der Waals surface area contributed by atoms with E-state index in [1.807, 2.05) is 13.8 Å². The van der Waals surface area contributed by atoms with Crippen LogP contribution in [0.2, 0.25) is 0 Å². The standard InChI is InChI=1S/C25H42N4O3/c1-4-32-25(31)24-19(2)22(27-20(24)3)9-10-23(30)26-13-8-14-28-17-11-21(12-18-28)29-15-6-5-7-16-29/h21,27H,4-18H2,1-3H3,(H,26,30). The molecule has 3 rings (SSSR count). The van der Waals surface area contributed by atoms with Crippen LogP contribution >= 0.6 is 0 Å². The van der Waals surface area contributed by atoms with Crippen molar-refractivity contribution in [1.29, 1.82) is 0 Å². The van der Waals surface area contributed by atoms with Gasteiger partial charge in [-0.1, -0.05) is 6.42 Å². The number of carbonyl (C=O) groups excluding carboxylic acids is 2. The fraction of sp³-hybridized carbons (Fsp3) is 0.760. The number of piperidine rings is 2. The zero-order chi connectivity index (χ0) is 22.9. The number of amides is 1. The van der Waals surface area contributed by atoms with E-state index in [-0.39, 0.29) is 11.9 Å². The number of aromatic amines is 1. The Labute approximate surface area is 193 Å². The van der Waals surface area contributed by atoms with Crippen molar-refractivity contribution in [3.05, 3.63) is 22.5 Å². The van der Waals surface area contributed by atoms with Gasteiger partial charge in [0.05, 0.1) is 12.2 Å². The van der Waals surface area contributed by atoms with Gasteiger partial charge in [0.2, 0.25) is 5.91 Å². The Morgan fingerprint density at radius 1 is 1.09 bits per heavy atom. The van der Waals surface area contributed by atoms with Crippen molar-refractivity contribution in [2.24, 2.45) is 0 Å². The number of carbonyl (C=O) groups is 2. The van der Waals surface area contributed by atoms with Gasteiger partial charge in [0, 0.05) is 30.4 Å². The molecule has 7 heteroatoms. The van der Waals surface area contributed by atoms with Crippen LogP contribution in [0.4, 0.5) is 0 Å². The minimum absolute atomic E-state index is 0.0677. The molecule has 2 aliphatic heterocycles. The highest BCUT2D eigenvalue weighted by molar-refractivity contribution is 5.92. The molecule has 2 aliphatic rings. The maximum Gasteiger partial charge on any atom is 0.340 e. The molecular formula is C25H42N4O3. The quantitative estimate of drug-likeness (QED) is 0.426. The predicted octanol–water partition coefficient (Wildman–Crippen LogP) is 3.20. The van der Waals surface area contributed by atoms with Crippen molar-refractivity contribution in [3.8, 4) is 0 Å². The van der Waals surface area contributed by atoms with E-state index in [9.17, 15) is 9.59 Å². The van der Waals surface area contributed by atoms with Gasteiger partial charge in [-0.3, -0.25) is 4.79 Å². The average molecular weight is 447 g/mol. The van der Waals surface area contributed by atoms with Gasteiger partial charge in [-0.05, 0) is 97.6 Å². The monoisotopic (exact) mass is 446 g/mol. The van der Waals surface area contributed by atoms with Crippen molar-refractivity contribution in [1.82, 2.24) is 20.1 Å². The molecule has 1 aromatic rings. The summed E-state index contributed by atoms with van der Waals surface area (Å²) in [6.07, 6.45) is 8.73. The van der Waals surface area contributed by atoms with Crippen molar-refractivity contribution < 1.29 is 14.3 Å². The highest BCUT2D eigenvalue weighted by atomic mass is 16.5. The Morgan fingerprint density at radius 2 is 1.81 bits per heavy atom. The SMILES string of the molecule is CCOC(=O)c1c(C)[nH]c(CCC(=O)NCCCN2CCC(N3CCCCC3)CC2)c1C. The number of likely N-dealkylation sites (tertiary alicyclic amines) is 2. The molecule has 180 valence electrons. The molecule has 2 fully saturated rings. The Kier molecular flexibility index (Phi) is 9.60. The zero-order valence-corrected chi connectivity index (χ0v) is 20.3. The van der Waals surface area contributed by atoms with Crippen LogP contribution < -0.4 is 5.32 Å². The van der Waals surface area contributed by atoms with E-state index >= 15 is 0 Å². The number of H-pyrrole nitrogens is 1. The molecule has 0 radical (unpaired) electrons. The van der Waals surface area contributed by atoms with Crippen molar-refractivity contribution in [2.45, 2.75) is 78.2 Å². The van der Waals surface area contributed by atoms with E-state index in [0.717, 1.165) is 42.5 Å². The summed E-state index contributed by atoms with van der Waals surface area (Å²) in [5, 5.41) is 3.06. The normalized spacial score (nSPS) is 18.6. The minimum atomic E-state index is -0.297. The predicted molar refractivity (Wildman–Crippen MR) is 127 cm³/mol. The molecule has 32 heavy (non-hydrogen) atoms. The summed E-state index contributed by atoms with van der Waals surface area (Å²) in [6.45, 7) is 12.7. The van der Waals surface area contributed by atoms with Crippen LogP contribution in [-0.2, 0) is 16.0 Å². The van der Waals surface area contributed by atoms with Gasteiger partial charge in [0.25, 0.3) is 0 Å². The number of nitrogens with zero attached hydrogens (tertiary/aromatic N) is 2. The maximum absolute atomic E-state index is 12.3. The van der Waals surface area contributed by atoms with Crippen molar-refractivity contribution in [2.75, 3.05) is 45.9 Å². The summed E-state index contributed by atoms with van der Waals surface area (Å²) in [5.41, 5.74) is 3.24. The summed E-state index contributed by atoms with van der Waals surface area (Å²) in [5.74, 6) is -0.229. The highest BCUT2D eigenvalue weighted by Gasteiger charge is 2.25. The molecule has 2 saturated heterocycles. The zero-order valence-electron chi connectivity index (χ0n) is 20.3. The van der Waals surface area contributed by atoms with Crippen LogP contribution in [0.3, 0.4) is 0 Å². The number of esters is 1. The lowest BCUT2D eigenvalue weighted by molar-refractivity contribution is -0.121. The molecule has 1 amide bonds. The van der Waals surface area contributed by atoms with Crippen LogP contribution in [0.15, 0.2) is 0 Å². The number of aryl methyl sites for hydroxylation is 2. The third-order valence-corrected chi connectivity index (χ3v) is 7.06. The molecule has 0 bridgehead atoms. The van der Waals surface area contributed by atoms with Crippen LogP contribution in [0.25, 0.3) is 0 Å². The number of ether oxygens (including phenoxy) is 1. The Balaban J connectivity index is 1.30.